The van der Waals surface area contributed by atoms with Gasteiger partial charge in [-0.3, -0.25) is 9.69 Å². The second-order valence-corrected chi connectivity index (χ2v) is 8.51. The van der Waals surface area contributed by atoms with Crippen LogP contribution in [-0.2, 0) is 14.3 Å². The van der Waals surface area contributed by atoms with Gasteiger partial charge in [0.2, 0.25) is 5.91 Å². The minimum atomic E-state index is -0.784. The maximum absolute atomic E-state index is 13.2. The molecule has 0 aromatic rings. The molecule has 8 heteroatoms. The van der Waals surface area contributed by atoms with Crippen molar-refractivity contribution in [2.24, 2.45) is 17.1 Å². The lowest BCUT2D eigenvalue weighted by molar-refractivity contribution is -0.180. The number of carbonyl (C=O) groups excluding carboxylic acids is 1. The predicted octanol–water partition coefficient (Wildman–Crippen LogP) is 1.93. The van der Waals surface area contributed by atoms with E-state index in [9.17, 15) is 4.79 Å². The molecule has 3 atom stereocenters. The van der Waals surface area contributed by atoms with Crippen molar-refractivity contribution in [1.29, 1.82) is 0 Å². The molecule has 2 aliphatic heterocycles. The normalized spacial score (nSPS) is 33.4. The largest absolute Gasteiger partial charge is 0.379 e. The first-order valence-electron chi connectivity index (χ1n) is 9.88. The van der Waals surface area contributed by atoms with Crippen LogP contribution in [0.25, 0.3) is 0 Å². The molecule has 160 valence electrons. The first kappa shape index (κ1) is 24.9. The Morgan fingerprint density at radius 3 is 2.48 bits per heavy atom. The number of amides is 1. The highest BCUT2D eigenvalue weighted by atomic mass is 35.5. The summed E-state index contributed by atoms with van der Waals surface area (Å²) < 4.78 is 11.2. The Morgan fingerprint density at radius 1 is 1.22 bits per heavy atom. The van der Waals surface area contributed by atoms with Crippen LogP contribution in [0.15, 0.2) is 0 Å². The van der Waals surface area contributed by atoms with Gasteiger partial charge in [-0.2, -0.15) is 0 Å². The van der Waals surface area contributed by atoms with Crippen LogP contribution >= 0.6 is 24.8 Å². The summed E-state index contributed by atoms with van der Waals surface area (Å²) in [6.45, 7) is 13.2. The zero-order valence-corrected chi connectivity index (χ0v) is 18.6. The molecule has 27 heavy (non-hydrogen) atoms. The summed E-state index contributed by atoms with van der Waals surface area (Å²) in [4.78, 5) is 17.7. The molecular weight excluding hydrogens is 389 g/mol. The zero-order chi connectivity index (χ0) is 18.1. The zero-order valence-electron chi connectivity index (χ0n) is 16.9. The van der Waals surface area contributed by atoms with E-state index in [0.717, 1.165) is 52.4 Å². The van der Waals surface area contributed by atoms with Gasteiger partial charge in [-0.1, -0.05) is 13.8 Å². The van der Waals surface area contributed by atoms with Gasteiger partial charge in [-0.15, -0.1) is 24.8 Å². The summed E-state index contributed by atoms with van der Waals surface area (Å²) in [6.07, 6.45) is 2.99. The van der Waals surface area contributed by atoms with E-state index in [1.807, 2.05) is 11.8 Å². The van der Waals surface area contributed by atoms with E-state index in [1.165, 1.54) is 6.42 Å². The standard InChI is InChI=1S/C19H35N3O3.2ClH/c1-4-25-16-12-19(20,18(16,2)3)17(23)22-7-5-6-15(14-22)13-21-8-10-24-11-9-21;;/h15-16H,4-14,20H2,1-3H3;2*1H. The number of hydrogen-bond donors (Lipinski definition) is 1. The van der Waals surface area contributed by atoms with E-state index in [0.29, 0.717) is 18.9 Å². The van der Waals surface area contributed by atoms with Gasteiger partial charge in [0.25, 0.3) is 0 Å². The van der Waals surface area contributed by atoms with Gasteiger partial charge in [-0.25, -0.2) is 0 Å². The Kier molecular flexibility index (Phi) is 9.31. The van der Waals surface area contributed by atoms with Crippen molar-refractivity contribution in [2.45, 2.75) is 51.7 Å². The third-order valence-electron chi connectivity index (χ3n) is 6.64. The number of morpholine rings is 1. The molecule has 0 spiro atoms. The summed E-state index contributed by atoms with van der Waals surface area (Å²) in [5.74, 6) is 0.672. The Balaban J connectivity index is 0.00000182. The molecule has 2 N–H and O–H groups in total. The minimum absolute atomic E-state index is 0. The van der Waals surface area contributed by atoms with Crippen LogP contribution in [0, 0.1) is 11.3 Å². The molecule has 6 nitrogen and oxygen atoms in total. The van der Waals surface area contributed by atoms with Gasteiger partial charge >= 0.3 is 0 Å². The summed E-state index contributed by atoms with van der Waals surface area (Å²) in [5.41, 5.74) is 5.51. The average Bonchev–Trinajstić information content (AvgIpc) is 2.62. The van der Waals surface area contributed by atoms with E-state index < -0.39 is 5.54 Å². The monoisotopic (exact) mass is 425 g/mol. The maximum Gasteiger partial charge on any atom is 0.243 e. The van der Waals surface area contributed by atoms with Crippen molar-refractivity contribution in [3.63, 3.8) is 0 Å². The summed E-state index contributed by atoms with van der Waals surface area (Å²) in [6, 6.07) is 0. The molecule has 3 unspecified atom stereocenters. The third-order valence-corrected chi connectivity index (χ3v) is 6.64. The van der Waals surface area contributed by atoms with Crippen molar-refractivity contribution in [3.05, 3.63) is 0 Å². The Labute approximate surface area is 176 Å². The topological polar surface area (TPSA) is 68.0 Å². The third kappa shape index (κ3) is 4.90. The maximum atomic E-state index is 13.2. The van der Waals surface area contributed by atoms with Gasteiger partial charge in [0.15, 0.2) is 0 Å². The van der Waals surface area contributed by atoms with Crippen molar-refractivity contribution in [3.8, 4) is 0 Å². The minimum Gasteiger partial charge on any atom is -0.379 e. The molecule has 2 saturated heterocycles. The Morgan fingerprint density at radius 2 is 1.89 bits per heavy atom. The van der Waals surface area contributed by atoms with Crippen LogP contribution in [0.4, 0.5) is 0 Å². The highest BCUT2D eigenvalue weighted by Crippen LogP contribution is 2.50. The molecule has 2 heterocycles. The molecule has 0 aromatic heterocycles. The highest BCUT2D eigenvalue weighted by Gasteiger charge is 2.63. The van der Waals surface area contributed by atoms with E-state index in [4.69, 9.17) is 15.2 Å². The number of rotatable bonds is 5. The molecule has 0 aromatic carbocycles. The smallest absolute Gasteiger partial charge is 0.243 e. The van der Waals surface area contributed by atoms with Crippen molar-refractivity contribution in [2.75, 3.05) is 52.5 Å². The highest BCUT2D eigenvalue weighted by molar-refractivity contribution is 5.89. The molecule has 3 fully saturated rings. The van der Waals surface area contributed by atoms with Crippen LogP contribution in [0.5, 0.6) is 0 Å². The summed E-state index contributed by atoms with van der Waals surface area (Å²) in [5, 5.41) is 0. The van der Waals surface area contributed by atoms with Crippen LogP contribution in [0.3, 0.4) is 0 Å². The first-order valence-corrected chi connectivity index (χ1v) is 9.88. The Bertz CT molecular complexity index is 489. The average molecular weight is 426 g/mol. The lowest BCUT2D eigenvalue weighted by atomic mass is 9.54. The molecule has 1 amide bonds. The van der Waals surface area contributed by atoms with E-state index in [-0.39, 0.29) is 42.2 Å². The fourth-order valence-electron chi connectivity index (χ4n) is 4.63. The fourth-order valence-corrected chi connectivity index (χ4v) is 4.63. The van der Waals surface area contributed by atoms with Crippen LogP contribution in [0.1, 0.15) is 40.0 Å². The molecule has 0 radical (unpaired) electrons. The van der Waals surface area contributed by atoms with Gasteiger partial charge in [0.1, 0.15) is 5.54 Å². The fraction of sp³-hybridized carbons (Fsp3) is 0.947. The second kappa shape index (κ2) is 10.1. The number of nitrogens with zero attached hydrogens (tertiary/aromatic N) is 2. The number of hydrogen-bond acceptors (Lipinski definition) is 5. The first-order chi connectivity index (χ1) is 11.9. The number of nitrogens with two attached hydrogens (primary N) is 1. The van der Waals surface area contributed by atoms with Crippen molar-refractivity contribution >= 4 is 30.7 Å². The predicted molar refractivity (Wildman–Crippen MR) is 112 cm³/mol. The van der Waals surface area contributed by atoms with Crippen LogP contribution < -0.4 is 5.73 Å². The number of halogens is 2. The molecule has 0 bridgehead atoms. The van der Waals surface area contributed by atoms with E-state index >= 15 is 0 Å². The molecular formula is C19H37Cl2N3O3. The number of carbonyl (C=O) groups is 1. The van der Waals surface area contributed by atoms with E-state index in [2.05, 4.69) is 18.7 Å². The number of ether oxygens (including phenoxy) is 2. The summed E-state index contributed by atoms with van der Waals surface area (Å²) in [7, 11) is 0. The quantitative estimate of drug-likeness (QED) is 0.728. The van der Waals surface area contributed by atoms with Crippen molar-refractivity contribution in [1.82, 2.24) is 9.80 Å². The van der Waals surface area contributed by atoms with Gasteiger partial charge < -0.3 is 20.1 Å². The lowest BCUT2D eigenvalue weighted by Gasteiger charge is -2.59. The second-order valence-electron chi connectivity index (χ2n) is 8.51. The van der Waals surface area contributed by atoms with Crippen molar-refractivity contribution < 1.29 is 14.3 Å². The number of likely N-dealkylation sites (tertiary alicyclic amines) is 1. The molecule has 1 saturated carbocycles. The number of piperidine rings is 1. The Hall–Kier alpha value is -0.110. The SMILES string of the molecule is CCOC1CC(N)(C(=O)N2CCCC(CN3CCOCC3)C2)C1(C)C.Cl.Cl. The van der Waals surface area contributed by atoms with Gasteiger partial charge in [-0.05, 0) is 25.7 Å². The van der Waals surface area contributed by atoms with Gasteiger partial charge in [0, 0.05) is 51.2 Å². The van der Waals surface area contributed by atoms with Crippen LogP contribution in [-0.4, -0.2) is 79.9 Å². The molecule has 3 rings (SSSR count). The van der Waals surface area contributed by atoms with Crippen LogP contribution in [0.2, 0.25) is 0 Å². The summed E-state index contributed by atoms with van der Waals surface area (Å²) >= 11 is 0. The lowest BCUT2D eigenvalue weighted by Crippen LogP contribution is -2.76. The van der Waals surface area contributed by atoms with Gasteiger partial charge in [0.05, 0.1) is 19.3 Å². The molecule has 1 aliphatic carbocycles. The molecule has 3 aliphatic rings. The van der Waals surface area contributed by atoms with E-state index in [1.54, 1.807) is 0 Å².